The predicted molar refractivity (Wildman–Crippen MR) is 127 cm³/mol. The second kappa shape index (κ2) is 10.7. The number of ether oxygens (including phenoxy) is 2. The number of nitrogens with zero attached hydrogens (tertiary/aromatic N) is 1. The molecule has 0 aliphatic carbocycles. The molecule has 0 aliphatic heterocycles. The number of carbonyl (C=O) groups excluding carboxylic acids is 2. The van der Waals surface area contributed by atoms with E-state index in [1.165, 1.54) is 49.6 Å². The Hall–Kier alpha value is -4.45. The first kappa shape index (κ1) is 25.2. The fourth-order valence-electron chi connectivity index (χ4n) is 2.98. The van der Waals surface area contributed by atoms with Crippen LogP contribution in [-0.2, 0) is 19.6 Å². The summed E-state index contributed by atoms with van der Waals surface area (Å²) >= 11 is 0. The van der Waals surface area contributed by atoms with Gasteiger partial charge in [0.05, 0.1) is 33.9 Å². The zero-order valence-corrected chi connectivity index (χ0v) is 19.5. The van der Waals surface area contributed by atoms with E-state index in [4.69, 9.17) is 9.47 Å². The van der Waals surface area contributed by atoms with Gasteiger partial charge in [0.2, 0.25) is 0 Å². The van der Waals surface area contributed by atoms with Crippen molar-refractivity contribution >= 4 is 39.0 Å². The Morgan fingerprint density at radius 2 is 1.74 bits per heavy atom. The van der Waals surface area contributed by atoms with Gasteiger partial charge in [-0.1, -0.05) is 24.3 Å². The number of benzene rings is 3. The van der Waals surface area contributed by atoms with Crippen LogP contribution in [0.4, 0.5) is 17.1 Å². The van der Waals surface area contributed by atoms with Crippen molar-refractivity contribution in [1.82, 2.24) is 0 Å². The number of hydrogen-bond donors (Lipinski definition) is 2. The van der Waals surface area contributed by atoms with Crippen LogP contribution >= 0.6 is 0 Å². The molecule has 0 bridgehead atoms. The third kappa shape index (κ3) is 6.32. The number of methoxy groups -OCH3 is 1. The molecule has 3 aromatic rings. The molecule has 0 radical (unpaired) electrons. The minimum absolute atomic E-state index is 0.0905. The number of nitro benzene ring substituents is 1. The van der Waals surface area contributed by atoms with Crippen molar-refractivity contribution in [2.75, 3.05) is 23.8 Å². The Bertz CT molecular complexity index is 1390. The molecule has 0 atom stereocenters. The van der Waals surface area contributed by atoms with Gasteiger partial charge in [-0.15, -0.1) is 0 Å². The maximum absolute atomic E-state index is 12.8. The number of non-ortho nitro benzene ring substituents is 1. The largest absolute Gasteiger partial charge is 0.495 e. The molecule has 3 aromatic carbocycles. The van der Waals surface area contributed by atoms with E-state index in [0.29, 0.717) is 11.3 Å². The van der Waals surface area contributed by atoms with Gasteiger partial charge < -0.3 is 14.8 Å². The maximum Gasteiger partial charge on any atom is 0.338 e. The lowest BCUT2D eigenvalue weighted by molar-refractivity contribution is -0.384. The Balaban J connectivity index is 1.67. The first-order valence-electron chi connectivity index (χ1n) is 10.1. The van der Waals surface area contributed by atoms with Crippen LogP contribution in [0.25, 0.3) is 0 Å². The van der Waals surface area contributed by atoms with Crippen molar-refractivity contribution < 1.29 is 32.4 Å². The molecule has 2 N–H and O–H groups in total. The molecule has 11 nitrogen and oxygen atoms in total. The normalized spacial score (nSPS) is 10.8. The van der Waals surface area contributed by atoms with Gasteiger partial charge in [0, 0.05) is 12.1 Å². The summed E-state index contributed by atoms with van der Waals surface area (Å²) in [6.45, 7) is 0.966. The first-order chi connectivity index (χ1) is 16.6. The lowest BCUT2D eigenvalue weighted by atomic mass is 10.2. The van der Waals surface area contributed by atoms with Crippen molar-refractivity contribution in [3.05, 3.63) is 88.0 Å². The third-order valence-corrected chi connectivity index (χ3v) is 6.13. The second-order valence-corrected chi connectivity index (χ2v) is 8.90. The zero-order chi connectivity index (χ0) is 25.6. The van der Waals surface area contributed by atoms with Crippen LogP contribution in [0.2, 0.25) is 0 Å². The van der Waals surface area contributed by atoms with Crippen molar-refractivity contribution in [1.29, 1.82) is 0 Å². The molecule has 0 aliphatic rings. The first-order valence-corrected chi connectivity index (χ1v) is 11.6. The van der Waals surface area contributed by atoms with Crippen LogP contribution in [-0.4, -0.2) is 38.9 Å². The predicted octanol–water partition coefficient (Wildman–Crippen LogP) is 3.51. The highest BCUT2D eigenvalue weighted by Gasteiger charge is 2.19. The van der Waals surface area contributed by atoms with Gasteiger partial charge in [0.15, 0.2) is 6.61 Å². The average Bonchev–Trinajstić information content (AvgIpc) is 2.84. The molecule has 0 fully saturated rings. The summed E-state index contributed by atoms with van der Waals surface area (Å²) in [4.78, 5) is 34.7. The van der Waals surface area contributed by atoms with E-state index in [0.717, 1.165) is 6.07 Å². The smallest absolute Gasteiger partial charge is 0.338 e. The molecule has 1 amide bonds. The molecular weight excluding hydrogens is 478 g/mol. The van der Waals surface area contributed by atoms with Crippen LogP contribution in [0.1, 0.15) is 15.9 Å². The fraction of sp³-hybridized carbons (Fsp3) is 0.130. The standard InChI is InChI=1S/C23H21N3O8S/c1-15-10-11-17(26(29)30)13-20(15)24-22(27)14-34-23(28)16-6-5-7-18(12-16)35(31,32)25-19-8-3-4-9-21(19)33-2/h3-13,25H,14H2,1-2H3,(H,24,27). The Morgan fingerprint density at radius 1 is 1.00 bits per heavy atom. The molecular formula is C23H21N3O8S. The summed E-state index contributed by atoms with van der Waals surface area (Å²) in [7, 11) is -2.66. The van der Waals surface area contributed by atoms with E-state index in [1.807, 2.05) is 0 Å². The molecule has 0 saturated heterocycles. The summed E-state index contributed by atoms with van der Waals surface area (Å²) in [5.74, 6) is -1.33. The van der Waals surface area contributed by atoms with E-state index in [1.54, 1.807) is 25.1 Å². The topological polar surface area (TPSA) is 154 Å². The van der Waals surface area contributed by atoms with Gasteiger partial charge >= 0.3 is 5.97 Å². The SMILES string of the molecule is COc1ccccc1NS(=O)(=O)c1cccc(C(=O)OCC(=O)Nc2cc([N+](=O)[O-])ccc2C)c1. The van der Waals surface area contributed by atoms with Crippen molar-refractivity contribution in [2.45, 2.75) is 11.8 Å². The number of para-hydroxylation sites is 2. The Kier molecular flexibility index (Phi) is 7.66. The van der Waals surface area contributed by atoms with Crippen LogP contribution in [0, 0.1) is 17.0 Å². The van der Waals surface area contributed by atoms with E-state index >= 15 is 0 Å². The Morgan fingerprint density at radius 3 is 2.46 bits per heavy atom. The maximum atomic E-state index is 12.8. The molecule has 182 valence electrons. The number of aryl methyl sites for hydroxylation is 1. The zero-order valence-electron chi connectivity index (χ0n) is 18.7. The van der Waals surface area contributed by atoms with E-state index < -0.39 is 33.4 Å². The highest BCUT2D eigenvalue weighted by Crippen LogP contribution is 2.26. The van der Waals surface area contributed by atoms with Crippen molar-refractivity contribution in [3.8, 4) is 5.75 Å². The van der Waals surface area contributed by atoms with Gasteiger partial charge in [0.1, 0.15) is 5.75 Å². The van der Waals surface area contributed by atoms with Gasteiger partial charge in [-0.05, 0) is 42.8 Å². The molecule has 3 rings (SSSR count). The minimum atomic E-state index is -4.06. The number of nitro groups is 1. The number of rotatable bonds is 9. The van der Waals surface area contributed by atoms with Crippen LogP contribution < -0.4 is 14.8 Å². The molecule has 0 unspecified atom stereocenters. The number of esters is 1. The number of amides is 1. The second-order valence-electron chi connectivity index (χ2n) is 7.21. The van der Waals surface area contributed by atoms with Gasteiger partial charge in [-0.25, -0.2) is 13.2 Å². The Labute approximate surface area is 200 Å². The number of anilines is 2. The van der Waals surface area contributed by atoms with E-state index in [-0.39, 0.29) is 27.5 Å². The van der Waals surface area contributed by atoms with Crippen LogP contribution in [0.5, 0.6) is 5.75 Å². The summed E-state index contributed by atoms with van der Waals surface area (Å²) < 4.78 is 38.1. The van der Waals surface area contributed by atoms with E-state index in [2.05, 4.69) is 10.0 Å². The van der Waals surface area contributed by atoms with Gasteiger partial charge in [-0.3, -0.25) is 19.6 Å². The summed E-state index contributed by atoms with van der Waals surface area (Å²) in [5, 5.41) is 13.4. The van der Waals surface area contributed by atoms with E-state index in [9.17, 15) is 28.1 Å². The lowest BCUT2D eigenvalue weighted by Crippen LogP contribution is -2.21. The molecule has 35 heavy (non-hydrogen) atoms. The minimum Gasteiger partial charge on any atom is -0.495 e. The monoisotopic (exact) mass is 499 g/mol. The lowest BCUT2D eigenvalue weighted by Gasteiger charge is -2.12. The van der Waals surface area contributed by atoms with Crippen molar-refractivity contribution in [3.63, 3.8) is 0 Å². The number of nitrogens with one attached hydrogen (secondary N) is 2. The van der Waals surface area contributed by atoms with Gasteiger partial charge in [-0.2, -0.15) is 0 Å². The molecule has 12 heteroatoms. The number of sulfonamides is 1. The van der Waals surface area contributed by atoms with Crippen LogP contribution in [0.3, 0.4) is 0 Å². The molecule has 0 heterocycles. The van der Waals surface area contributed by atoms with Gasteiger partial charge in [0.25, 0.3) is 21.6 Å². The molecule has 0 spiro atoms. The van der Waals surface area contributed by atoms with Crippen molar-refractivity contribution in [2.24, 2.45) is 0 Å². The molecule has 0 saturated carbocycles. The average molecular weight is 500 g/mol. The summed E-state index contributed by atoms with van der Waals surface area (Å²) in [5.41, 5.74) is 0.706. The fourth-order valence-corrected chi connectivity index (χ4v) is 4.10. The summed E-state index contributed by atoms with van der Waals surface area (Å²) in [6, 6.07) is 15.5. The highest BCUT2D eigenvalue weighted by atomic mass is 32.2. The highest BCUT2D eigenvalue weighted by molar-refractivity contribution is 7.92. The number of hydrogen-bond acceptors (Lipinski definition) is 8. The van der Waals surface area contributed by atoms with Crippen LogP contribution in [0.15, 0.2) is 71.6 Å². The molecule has 0 aromatic heterocycles. The number of carbonyl (C=O) groups is 2. The quantitative estimate of drug-likeness (QED) is 0.258. The third-order valence-electron chi connectivity index (χ3n) is 4.77. The summed E-state index contributed by atoms with van der Waals surface area (Å²) in [6.07, 6.45) is 0.